The van der Waals surface area contributed by atoms with Gasteiger partial charge in [0.05, 0.1) is 12.6 Å². The predicted octanol–water partition coefficient (Wildman–Crippen LogP) is -0.859. The first kappa shape index (κ1) is 10.8. The highest BCUT2D eigenvalue weighted by Crippen LogP contribution is 2.32. The molecule has 3 nitrogen and oxygen atoms in total. The molecule has 2 unspecified atom stereocenters. The lowest BCUT2D eigenvalue weighted by molar-refractivity contribution is -0.00798. The molecule has 0 aliphatic carbocycles. The Kier molecular flexibility index (Phi) is 3.20. The van der Waals surface area contributed by atoms with Crippen LogP contribution in [0.25, 0.3) is 0 Å². The molecule has 1 heterocycles. The number of rotatable bonds is 1. The van der Waals surface area contributed by atoms with Gasteiger partial charge in [0.15, 0.2) is 0 Å². The monoisotopic (exact) mass is 204 g/mol. The first-order chi connectivity index (χ1) is 6.06. The minimum Gasteiger partial charge on any atom is -0.394 e. The Labute approximate surface area is 81.2 Å². The standard InChI is InChI=1S/C7H7BClFO3/c8-6-7(10,1-2-9)5(12)4(3-11)13-6/h4-6,11-12H,3H2/t4-,5?,6-,7?/m1/s1. The van der Waals surface area contributed by atoms with Crippen molar-refractivity contribution < 1.29 is 19.3 Å². The van der Waals surface area contributed by atoms with Crippen molar-refractivity contribution in [1.29, 1.82) is 0 Å². The van der Waals surface area contributed by atoms with Crippen molar-refractivity contribution in [2.75, 3.05) is 6.61 Å². The van der Waals surface area contributed by atoms with E-state index in [-0.39, 0.29) is 0 Å². The summed E-state index contributed by atoms with van der Waals surface area (Å²) in [5.41, 5.74) is -2.41. The molecule has 0 aromatic carbocycles. The van der Waals surface area contributed by atoms with Gasteiger partial charge in [-0.25, -0.2) is 4.39 Å². The van der Waals surface area contributed by atoms with Crippen LogP contribution in [0, 0.1) is 11.3 Å². The number of halogens is 2. The summed E-state index contributed by atoms with van der Waals surface area (Å²) in [6.45, 7) is -0.523. The van der Waals surface area contributed by atoms with Crippen LogP contribution >= 0.6 is 11.6 Å². The molecule has 70 valence electrons. The molecule has 2 radical (unpaired) electrons. The first-order valence-corrected chi connectivity index (χ1v) is 3.95. The molecule has 13 heavy (non-hydrogen) atoms. The zero-order chi connectivity index (χ0) is 10.1. The van der Waals surface area contributed by atoms with Crippen molar-refractivity contribution in [3.63, 3.8) is 0 Å². The Morgan fingerprint density at radius 1 is 1.69 bits per heavy atom. The molecular formula is C7H7BClFO3. The van der Waals surface area contributed by atoms with Gasteiger partial charge in [-0.05, 0) is 17.5 Å². The van der Waals surface area contributed by atoms with Gasteiger partial charge in [-0.3, -0.25) is 0 Å². The molecule has 0 amide bonds. The molecule has 4 atom stereocenters. The molecule has 0 bridgehead atoms. The van der Waals surface area contributed by atoms with E-state index in [4.69, 9.17) is 29.3 Å². The fourth-order valence-corrected chi connectivity index (χ4v) is 1.31. The van der Waals surface area contributed by atoms with Gasteiger partial charge in [0.25, 0.3) is 0 Å². The van der Waals surface area contributed by atoms with E-state index in [0.29, 0.717) is 0 Å². The maximum Gasteiger partial charge on any atom is 0.217 e. The predicted molar refractivity (Wildman–Crippen MR) is 45.0 cm³/mol. The van der Waals surface area contributed by atoms with Gasteiger partial charge < -0.3 is 14.9 Å². The third-order valence-electron chi connectivity index (χ3n) is 1.94. The van der Waals surface area contributed by atoms with Gasteiger partial charge in [0.1, 0.15) is 20.1 Å². The zero-order valence-corrected chi connectivity index (χ0v) is 7.33. The highest BCUT2D eigenvalue weighted by Gasteiger charge is 2.53. The van der Waals surface area contributed by atoms with Gasteiger partial charge in [-0.2, -0.15) is 0 Å². The molecule has 0 spiro atoms. The second kappa shape index (κ2) is 3.85. The lowest BCUT2D eigenvalue weighted by Gasteiger charge is -2.19. The van der Waals surface area contributed by atoms with Gasteiger partial charge >= 0.3 is 0 Å². The van der Waals surface area contributed by atoms with Gasteiger partial charge in [-0.1, -0.05) is 0 Å². The molecule has 1 aliphatic rings. The minimum absolute atomic E-state index is 0.523. The Hall–Kier alpha value is -0.275. The number of aliphatic hydroxyl groups excluding tert-OH is 2. The topological polar surface area (TPSA) is 49.7 Å². The second-order valence-corrected chi connectivity index (χ2v) is 2.90. The largest absolute Gasteiger partial charge is 0.394 e. The third kappa shape index (κ3) is 1.68. The number of aliphatic hydroxyl groups is 2. The normalized spacial score (nSPS) is 44.2. The maximum atomic E-state index is 13.7. The second-order valence-electron chi connectivity index (χ2n) is 2.71. The summed E-state index contributed by atoms with van der Waals surface area (Å²) in [5, 5.41) is 19.8. The highest BCUT2D eigenvalue weighted by atomic mass is 35.5. The summed E-state index contributed by atoms with van der Waals surface area (Å²) in [4.78, 5) is 0. The Morgan fingerprint density at radius 2 is 2.31 bits per heavy atom. The molecule has 1 rings (SSSR count). The van der Waals surface area contributed by atoms with Crippen molar-refractivity contribution >= 4 is 19.4 Å². The summed E-state index contributed by atoms with van der Waals surface area (Å²) in [7, 11) is 5.23. The van der Waals surface area contributed by atoms with Crippen molar-refractivity contribution in [3.05, 3.63) is 0 Å². The number of hydrogen-bond acceptors (Lipinski definition) is 3. The fourth-order valence-electron chi connectivity index (χ4n) is 1.16. The lowest BCUT2D eigenvalue weighted by Crippen LogP contribution is -2.43. The molecule has 0 saturated carbocycles. The maximum absolute atomic E-state index is 13.7. The van der Waals surface area contributed by atoms with Crippen molar-refractivity contribution in [3.8, 4) is 11.3 Å². The Bertz CT molecular complexity index is 254. The van der Waals surface area contributed by atoms with E-state index in [1.54, 1.807) is 5.38 Å². The Morgan fingerprint density at radius 3 is 2.69 bits per heavy atom. The average Bonchev–Trinajstić information content (AvgIpc) is 2.31. The minimum atomic E-state index is -2.41. The van der Waals surface area contributed by atoms with Crippen molar-refractivity contribution in [2.24, 2.45) is 0 Å². The lowest BCUT2D eigenvalue weighted by atomic mass is 9.82. The van der Waals surface area contributed by atoms with Crippen LogP contribution in [0.15, 0.2) is 0 Å². The van der Waals surface area contributed by atoms with Crippen molar-refractivity contribution in [1.82, 2.24) is 0 Å². The molecule has 2 N–H and O–H groups in total. The molecule has 0 aromatic rings. The quantitative estimate of drug-likeness (QED) is 0.432. The zero-order valence-electron chi connectivity index (χ0n) is 6.58. The Balaban J connectivity index is 2.90. The van der Waals surface area contributed by atoms with Gasteiger partial charge in [0.2, 0.25) is 5.67 Å². The number of hydrogen-bond donors (Lipinski definition) is 2. The summed E-state index contributed by atoms with van der Waals surface area (Å²) in [6.07, 6.45) is -2.64. The first-order valence-electron chi connectivity index (χ1n) is 3.58. The van der Waals surface area contributed by atoms with Crippen LogP contribution in [-0.2, 0) is 4.74 Å². The summed E-state index contributed by atoms with van der Waals surface area (Å²) in [5.74, 6) is 1.92. The van der Waals surface area contributed by atoms with Gasteiger partial charge in [0, 0.05) is 5.38 Å². The van der Waals surface area contributed by atoms with Crippen LogP contribution in [0.3, 0.4) is 0 Å². The van der Waals surface area contributed by atoms with Crippen LogP contribution in [0.1, 0.15) is 0 Å². The third-order valence-corrected chi connectivity index (χ3v) is 2.03. The molecule has 1 aliphatic heterocycles. The van der Waals surface area contributed by atoms with Crippen LogP contribution < -0.4 is 0 Å². The molecule has 1 saturated heterocycles. The summed E-state index contributed by atoms with van der Waals surface area (Å²) >= 11 is 5.01. The van der Waals surface area contributed by atoms with E-state index in [1.165, 1.54) is 0 Å². The molecule has 0 aromatic heterocycles. The number of ether oxygens (including phenoxy) is 1. The van der Waals surface area contributed by atoms with E-state index in [2.05, 4.69) is 0 Å². The van der Waals surface area contributed by atoms with Crippen LogP contribution in [0.4, 0.5) is 4.39 Å². The van der Waals surface area contributed by atoms with E-state index < -0.39 is 30.5 Å². The molecular weight excluding hydrogens is 197 g/mol. The van der Waals surface area contributed by atoms with E-state index in [0.717, 1.165) is 0 Å². The summed E-state index contributed by atoms with van der Waals surface area (Å²) in [6, 6.07) is -1.40. The molecule has 6 heteroatoms. The fraction of sp³-hybridized carbons (Fsp3) is 0.714. The SMILES string of the molecule is [B][C@@H]1O[C@H](CO)C(O)C1(F)C#CCl. The average molecular weight is 204 g/mol. The van der Waals surface area contributed by atoms with E-state index in [1.807, 2.05) is 5.92 Å². The number of alkyl halides is 1. The van der Waals surface area contributed by atoms with E-state index in [9.17, 15) is 9.50 Å². The van der Waals surface area contributed by atoms with E-state index >= 15 is 0 Å². The highest BCUT2D eigenvalue weighted by molar-refractivity contribution is 6.30. The van der Waals surface area contributed by atoms with Crippen LogP contribution in [-0.4, -0.2) is 48.5 Å². The molecule has 1 fully saturated rings. The van der Waals surface area contributed by atoms with Crippen LogP contribution in [0.5, 0.6) is 0 Å². The van der Waals surface area contributed by atoms with Gasteiger partial charge in [-0.15, -0.1) is 0 Å². The smallest absolute Gasteiger partial charge is 0.217 e. The summed E-state index contributed by atoms with van der Waals surface area (Å²) < 4.78 is 18.4. The van der Waals surface area contributed by atoms with Crippen molar-refractivity contribution in [2.45, 2.75) is 23.9 Å². The van der Waals surface area contributed by atoms with Crippen LogP contribution in [0.2, 0.25) is 0 Å².